The predicted octanol–water partition coefficient (Wildman–Crippen LogP) is 8.66. The van der Waals surface area contributed by atoms with Gasteiger partial charge >= 0.3 is 0 Å². The first-order chi connectivity index (χ1) is 29.9. The molecule has 0 spiro atoms. The van der Waals surface area contributed by atoms with Crippen LogP contribution in [0.5, 0.6) is 0 Å². The van der Waals surface area contributed by atoms with Crippen LogP contribution in [-0.4, -0.2) is 141 Å². The third-order valence-corrected chi connectivity index (χ3v) is 11.5. The van der Waals surface area contributed by atoms with Crippen molar-refractivity contribution in [3.63, 3.8) is 0 Å². The molecule has 0 fully saturated rings. The lowest BCUT2D eigenvalue weighted by Crippen LogP contribution is -2.45. The summed E-state index contributed by atoms with van der Waals surface area (Å²) in [6.45, 7) is 18.3. The second-order valence-electron chi connectivity index (χ2n) is 17.6. The number of nitrogens with two attached hydrogens (primary N) is 1. The first kappa shape index (κ1) is 63.9. The largest absolute Gasteiger partial charge is 0.395 e. The molecule has 0 saturated heterocycles. The summed E-state index contributed by atoms with van der Waals surface area (Å²) in [6.07, 6.45) is 31.4. The van der Waals surface area contributed by atoms with Gasteiger partial charge in [0.05, 0.1) is 39.3 Å². The van der Waals surface area contributed by atoms with E-state index in [4.69, 9.17) is 10.8 Å². The molecule has 0 aliphatic heterocycles. The van der Waals surface area contributed by atoms with Crippen molar-refractivity contribution in [3.05, 3.63) is 0 Å². The molecule has 0 saturated carbocycles. The average molecular weight is 883 g/mol. The van der Waals surface area contributed by atoms with Gasteiger partial charge in [-0.3, -0.25) is 24.2 Å². The molecule has 2 unspecified atom stereocenters. The van der Waals surface area contributed by atoms with Crippen molar-refractivity contribution < 1.29 is 29.1 Å². The fraction of sp³-hybridized carbons (Fsp3) is 0.900. The number of rotatable bonds is 42. The van der Waals surface area contributed by atoms with Crippen LogP contribution < -0.4 is 11.1 Å². The van der Waals surface area contributed by atoms with Gasteiger partial charge in [-0.05, 0) is 58.2 Å². The van der Waals surface area contributed by atoms with Gasteiger partial charge < -0.3 is 35.5 Å². The van der Waals surface area contributed by atoms with Crippen molar-refractivity contribution >= 4 is 30.3 Å². The van der Waals surface area contributed by atoms with Crippen LogP contribution in [0.3, 0.4) is 0 Å². The molecule has 2 atom stereocenters. The van der Waals surface area contributed by atoms with Gasteiger partial charge in [-0.15, -0.1) is 0 Å². The zero-order valence-electron chi connectivity index (χ0n) is 41.9. The van der Waals surface area contributed by atoms with Crippen LogP contribution in [0.15, 0.2) is 0 Å². The normalized spacial score (nSPS) is 11.9. The number of hydrogen-bond donors (Lipinski definition) is 3. The maximum Gasteiger partial charge on any atom is 0.237 e. The van der Waals surface area contributed by atoms with Gasteiger partial charge in [0.2, 0.25) is 17.7 Å². The Morgan fingerprint density at radius 3 is 1.44 bits per heavy atom. The van der Waals surface area contributed by atoms with Crippen molar-refractivity contribution in [2.45, 2.75) is 196 Å². The number of likely N-dealkylation sites (N-methyl/N-ethyl adjacent to an activating group) is 2. The number of carbonyl (C=O) groups is 5. The summed E-state index contributed by atoms with van der Waals surface area (Å²) in [4.78, 5) is 64.4. The van der Waals surface area contributed by atoms with E-state index in [0.717, 1.165) is 76.5 Å². The molecule has 0 aliphatic rings. The zero-order chi connectivity index (χ0) is 47.1. The first-order valence-electron chi connectivity index (χ1n) is 25.3. The first-order valence-corrected chi connectivity index (χ1v) is 25.3. The topological polar surface area (TPSA) is 157 Å². The molecule has 12 nitrogen and oxygen atoms in total. The van der Waals surface area contributed by atoms with E-state index in [9.17, 15) is 24.0 Å². The van der Waals surface area contributed by atoms with Crippen LogP contribution in [0.2, 0.25) is 0 Å². The van der Waals surface area contributed by atoms with E-state index in [-0.39, 0.29) is 38.1 Å². The van der Waals surface area contributed by atoms with Crippen LogP contribution in [0, 0.1) is 11.8 Å². The molecule has 0 aliphatic carbocycles. The summed E-state index contributed by atoms with van der Waals surface area (Å²) in [5.74, 6) is 0.741. The van der Waals surface area contributed by atoms with Crippen LogP contribution in [0.25, 0.3) is 0 Å². The van der Waals surface area contributed by atoms with E-state index in [2.05, 4.69) is 56.7 Å². The third-order valence-electron chi connectivity index (χ3n) is 11.5. The second kappa shape index (κ2) is 49.6. The molecule has 62 heavy (non-hydrogen) atoms. The number of carbonyl (C=O) groups excluding carboxylic acids is 5. The van der Waals surface area contributed by atoms with Crippen LogP contribution in [0.1, 0.15) is 196 Å². The lowest BCUT2D eigenvalue weighted by Gasteiger charge is -2.28. The number of aldehydes is 2. The molecule has 3 amide bonds. The highest BCUT2D eigenvalue weighted by atomic mass is 16.3. The zero-order valence-corrected chi connectivity index (χ0v) is 41.9. The maximum absolute atomic E-state index is 12.7. The molecule has 0 aromatic carbocycles. The Balaban J connectivity index is -0.000000901. The van der Waals surface area contributed by atoms with E-state index >= 15 is 0 Å². The molecule has 4 N–H and O–H groups in total. The van der Waals surface area contributed by atoms with Gasteiger partial charge in [-0.1, -0.05) is 170 Å². The van der Waals surface area contributed by atoms with Crippen LogP contribution in [-0.2, 0) is 24.0 Å². The molecule has 0 rings (SSSR count). The van der Waals surface area contributed by atoms with Gasteiger partial charge in [0.25, 0.3) is 0 Å². The number of nitrogens with zero attached hydrogens (tertiary/aromatic N) is 4. The Labute approximate surface area is 382 Å². The highest BCUT2D eigenvalue weighted by Crippen LogP contribution is 2.16. The summed E-state index contributed by atoms with van der Waals surface area (Å²) in [7, 11) is 4.01. The van der Waals surface area contributed by atoms with Crippen molar-refractivity contribution in [2.75, 3.05) is 86.1 Å². The van der Waals surface area contributed by atoms with E-state index < -0.39 is 5.91 Å². The molecule has 0 radical (unpaired) electrons. The van der Waals surface area contributed by atoms with Gasteiger partial charge in [0.15, 0.2) is 0 Å². The summed E-state index contributed by atoms with van der Waals surface area (Å²) < 4.78 is 0. The molecule has 0 aromatic rings. The fourth-order valence-electron chi connectivity index (χ4n) is 7.39. The minimum Gasteiger partial charge on any atom is -0.395 e. The number of aliphatic hydroxyl groups excluding tert-OH is 1. The number of aliphatic hydroxyl groups is 1. The lowest BCUT2D eigenvalue weighted by molar-refractivity contribution is -0.136. The number of hydrogen-bond acceptors (Lipinski definition) is 9. The van der Waals surface area contributed by atoms with Crippen LogP contribution in [0.4, 0.5) is 0 Å². The monoisotopic (exact) mass is 883 g/mol. The molecule has 0 bridgehead atoms. The van der Waals surface area contributed by atoms with Crippen molar-refractivity contribution in [2.24, 2.45) is 17.6 Å². The number of primary amides is 1. The number of unbranched alkanes of at least 4 members (excludes halogenated alkanes) is 16. The van der Waals surface area contributed by atoms with Gasteiger partial charge in [-0.25, -0.2) is 0 Å². The maximum atomic E-state index is 12.7. The quantitative estimate of drug-likeness (QED) is 0.0404. The minimum absolute atomic E-state index is 0.0129. The lowest BCUT2D eigenvalue weighted by atomic mass is 9.98. The Morgan fingerprint density at radius 1 is 0.548 bits per heavy atom. The second-order valence-corrected chi connectivity index (χ2v) is 17.6. The SMILES string of the molecule is CCCCC(CC)CN(C)CC=O.CCCCCCCCCCN(C)CC(=O)N(CC(N)=O)CC(CC)CCCC.CCCCCCCCCCN(CC=O)C(=O)CNCCO. The Bertz CT molecular complexity index is 1020. The smallest absolute Gasteiger partial charge is 0.237 e. The molecule has 368 valence electrons. The van der Waals surface area contributed by atoms with Gasteiger partial charge in [0.1, 0.15) is 12.6 Å². The third kappa shape index (κ3) is 44.2. The summed E-state index contributed by atoms with van der Waals surface area (Å²) in [5.41, 5.74) is 5.39. The molecular weight excluding hydrogens is 781 g/mol. The summed E-state index contributed by atoms with van der Waals surface area (Å²) in [5, 5.41) is 11.5. The van der Waals surface area contributed by atoms with Crippen molar-refractivity contribution in [1.82, 2.24) is 24.9 Å². The highest BCUT2D eigenvalue weighted by molar-refractivity contribution is 5.84. The number of nitrogens with one attached hydrogen (secondary N) is 1. The molecule has 0 aromatic heterocycles. The predicted molar refractivity (Wildman–Crippen MR) is 261 cm³/mol. The molecule has 0 heterocycles. The molecular formula is C50H102N6O6. The average Bonchev–Trinajstić information content (AvgIpc) is 3.25. The Hall–Kier alpha value is -2.41. The van der Waals surface area contributed by atoms with Crippen LogP contribution >= 0.6 is 0 Å². The van der Waals surface area contributed by atoms with E-state index in [1.807, 2.05) is 14.1 Å². The van der Waals surface area contributed by atoms with Crippen molar-refractivity contribution in [3.8, 4) is 0 Å². The Kier molecular flexibility index (Phi) is 51.1. The van der Waals surface area contributed by atoms with E-state index in [1.165, 1.54) is 109 Å². The highest BCUT2D eigenvalue weighted by Gasteiger charge is 2.21. The van der Waals surface area contributed by atoms with Crippen molar-refractivity contribution in [1.29, 1.82) is 0 Å². The standard InChI is InChI=1S/C23H47N3O2.C16H32N2O3.C11H23NO/c1-5-8-10-11-12-13-14-15-17-25(4)20-23(28)26(19-22(24)27)18-21(7-3)16-9-6-2;1-2-3-4-5-6-7-8-9-11-18(12-14-20)16(21)15-17-10-13-19;1-4-6-7-11(5-2)10-12(3)8-9-13/h21H,5-20H2,1-4H3,(H2,24,27);14,17,19H,2-13,15H2,1H3;9,11H,4-8,10H2,1-3H3. The Morgan fingerprint density at radius 2 is 1.00 bits per heavy atom. The minimum atomic E-state index is -0.426. The van der Waals surface area contributed by atoms with E-state index in [1.54, 1.807) is 9.80 Å². The molecule has 12 heteroatoms. The fourth-order valence-corrected chi connectivity index (χ4v) is 7.39. The van der Waals surface area contributed by atoms with E-state index in [0.29, 0.717) is 38.6 Å². The summed E-state index contributed by atoms with van der Waals surface area (Å²) in [6, 6.07) is 0. The van der Waals surface area contributed by atoms with Gasteiger partial charge in [-0.2, -0.15) is 0 Å². The summed E-state index contributed by atoms with van der Waals surface area (Å²) >= 11 is 0. The van der Waals surface area contributed by atoms with Gasteiger partial charge in [0, 0.05) is 26.2 Å². The number of amides is 3.